The third-order valence-corrected chi connectivity index (χ3v) is 7.69. The summed E-state index contributed by atoms with van der Waals surface area (Å²) in [6, 6.07) is 7.42. The fourth-order valence-electron chi connectivity index (χ4n) is 3.49. The Hall–Kier alpha value is -2.39. The molecule has 31 heavy (non-hydrogen) atoms. The van der Waals surface area contributed by atoms with Crippen LogP contribution in [0.1, 0.15) is 43.5 Å². The van der Waals surface area contributed by atoms with Crippen LogP contribution in [-0.4, -0.2) is 45.0 Å². The Kier molecular flexibility index (Phi) is 7.72. The summed E-state index contributed by atoms with van der Waals surface area (Å²) >= 11 is 1.25. The van der Waals surface area contributed by atoms with Crippen molar-refractivity contribution in [2.24, 2.45) is 5.92 Å². The van der Waals surface area contributed by atoms with Gasteiger partial charge in [-0.05, 0) is 43.4 Å². The summed E-state index contributed by atoms with van der Waals surface area (Å²) in [4.78, 5) is 25.2. The van der Waals surface area contributed by atoms with Gasteiger partial charge in [0.05, 0.1) is 24.7 Å². The van der Waals surface area contributed by atoms with Gasteiger partial charge in [-0.1, -0.05) is 19.1 Å². The molecule has 2 aromatic rings. The van der Waals surface area contributed by atoms with Gasteiger partial charge in [0.25, 0.3) is 0 Å². The van der Waals surface area contributed by atoms with Crippen molar-refractivity contribution in [1.29, 1.82) is 0 Å². The summed E-state index contributed by atoms with van der Waals surface area (Å²) in [5, 5.41) is 5.01. The average Bonchev–Trinajstić information content (AvgIpc) is 3.29. The molecule has 1 aliphatic heterocycles. The van der Waals surface area contributed by atoms with Crippen LogP contribution in [0.5, 0.6) is 5.75 Å². The van der Waals surface area contributed by atoms with E-state index in [1.807, 2.05) is 36.6 Å². The number of rotatable bonds is 9. The highest BCUT2D eigenvalue weighted by molar-refractivity contribution is 7.91. The molecule has 9 heteroatoms. The van der Waals surface area contributed by atoms with Crippen molar-refractivity contribution < 1.29 is 27.5 Å². The van der Waals surface area contributed by atoms with Gasteiger partial charge in [0, 0.05) is 17.4 Å². The Balaban J connectivity index is 1.80. The topological polar surface area (TPSA) is 98.8 Å². The molecule has 2 heterocycles. The standard InChI is InChI=1S/C22H27NO6S2/c1-3-10-29-17-7-5-16(6-8-17)18-13-30-21(20(18)22(25)28-4-2)23-19(24)12-15-9-11-31(26,27)14-15/h5-8,13,15H,3-4,9-12,14H2,1-2H3,(H,23,24)/t15-/m0/s1. The first-order valence-electron chi connectivity index (χ1n) is 10.3. The summed E-state index contributed by atoms with van der Waals surface area (Å²) in [5.74, 6) is -0.0918. The molecule has 1 N–H and O–H groups in total. The SMILES string of the molecule is CCCOc1ccc(-c2csc(NC(=O)C[C@@H]3CCS(=O)(=O)C3)c2C(=O)OCC)cc1. The number of hydrogen-bond donors (Lipinski definition) is 1. The van der Waals surface area contributed by atoms with E-state index in [0.717, 1.165) is 17.7 Å². The molecule has 1 aromatic heterocycles. The molecule has 1 aromatic carbocycles. The van der Waals surface area contributed by atoms with Crippen molar-refractivity contribution in [3.05, 3.63) is 35.2 Å². The number of carbonyl (C=O) groups is 2. The molecule has 0 spiro atoms. The highest BCUT2D eigenvalue weighted by atomic mass is 32.2. The van der Waals surface area contributed by atoms with E-state index in [1.54, 1.807) is 6.92 Å². The number of thiophene rings is 1. The zero-order valence-electron chi connectivity index (χ0n) is 17.7. The fourth-order valence-corrected chi connectivity index (χ4v) is 6.33. The van der Waals surface area contributed by atoms with Crippen LogP contribution in [0.2, 0.25) is 0 Å². The van der Waals surface area contributed by atoms with Gasteiger partial charge in [-0.15, -0.1) is 11.3 Å². The minimum absolute atomic E-state index is 0.0350. The maximum Gasteiger partial charge on any atom is 0.341 e. The van der Waals surface area contributed by atoms with E-state index >= 15 is 0 Å². The molecule has 0 saturated carbocycles. The average molecular weight is 466 g/mol. The maximum atomic E-state index is 12.7. The van der Waals surface area contributed by atoms with E-state index in [4.69, 9.17) is 9.47 Å². The lowest BCUT2D eigenvalue weighted by Crippen LogP contribution is -2.18. The predicted molar refractivity (Wildman–Crippen MR) is 122 cm³/mol. The van der Waals surface area contributed by atoms with Crippen LogP contribution in [0.3, 0.4) is 0 Å². The molecular formula is C22H27NO6S2. The first kappa shape index (κ1) is 23.3. The fraction of sp³-hybridized carbons (Fsp3) is 0.455. The van der Waals surface area contributed by atoms with Crippen LogP contribution < -0.4 is 10.1 Å². The minimum Gasteiger partial charge on any atom is -0.494 e. The molecule has 1 atom stereocenters. The van der Waals surface area contributed by atoms with Crippen LogP contribution in [-0.2, 0) is 19.4 Å². The van der Waals surface area contributed by atoms with Crippen LogP contribution in [0.15, 0.2) is 29.6 Å². The summed E-state index contributed by atoms with van der Waals surface area (Å²) in [6.45, 7) is 4.60. The molecule has 3 rings (SSSR count). The van der Waals surface area contributed by atoms with E-state index < -0.39 is 15.8 Å². The summed E-state index contributed by atoms with van der Waals surface area (Å²) in [5.41, 5.74) is 1.79. The monoisotopic (exact) mass is 465 g/mol. The van der Waals surface area contributed by atoms with E-state index in [-0.39, 0.29) is 36.4 Å². The third-order valence-electron chi connectivity index (χ3n) is 4.96. The summed E-state index contributed by atoms with van der Waals surface area (Å²) in [7, 11) is -3.05. The Bertz CT molecular complexity index is 1030. The molecule has 0 unspecified atom stereocenters. The number of hydrogen-bond acceptors (Lipinski definition) is 7. The predicted octanol–water partition coefficient (Wildman–Crippen LogP) is 4.14. The number of amides is 1. The van der Waals surface area contributed by atoms with E-state index in [2.05, 4.69) is 5.32 Å². The summed E-state index contributed by atoms with van der Waals surface area (Å²) < 4.78 is 34.1. The molecule has 1 amide bonds. The Labute approximate surface area is 186 Å². The molecule has 7 nitrogen and oxygen atoms in total. The Morgan fingerprint density at radius 1 is 1.19 bits per heavy atom. The number of nitrogens with one attached hydrogen (secondary N) is 1. The van der Waals surface area contributed by atoms with Gasteiger partial charge in [0.1, 0.15) is 16.3 Å². The lowest BCUT2D eigenvalue weighted by Gasteiger charge is -2.11. The van der Waals surface area contributed by atoms with Gasteiger partial charge < -0.3 is 14.8 Å². The van der Waals surface area contributed by atoms with E-state index in [1.165, 1.54) is 11.3 Å². The highest BCUT2D eigenvalue weighted by Gasteiger charge is 2.30. The van der Waals surface area contributed by atoms with E-state index in [0.29, 0.717) is 29.2 Å². The molecule has 0 bridgehead atoms. The van der Waals surface area contributed by atoms with Gasteiger partial charge in [-0.3, -0.25) is 4.79 Å². The molecule has 0 aliphatic carbocycles. The smallest absolute Gasteiger partial charge is 0.341 e. The van der Waals surface area contributed by atoms with Crippen molar-refractivity contribution in [3.63, 3.8) is 0 Å². The first-order valence-corrected chi connectivity index (χ1v) is 13.0. The highest BCUT2D eigenvalue weighted by Crippen LogP contribution is 2.37. The van der Waals surface area contributed by atoms with Gasteiger partial charge in [-0.25, -0.2) is 13.2 Å². The lowest BCUT2D eigenvalue weighted by atomic mass is 10.0. The van der Waals surface area contributed by atoms with Crippen LogP contribution >= 0.6 is 11.3 Å². The molecule has 1 aliphatic rings. The van der Waals surface area contributed by atoms with Crippen molar-refractivity contribution in [3.8, 4) is 16.9 Å². The largest absolute Gasteiger partial charge is 0.494 e. The minimum atomic E-state index is -3.05. The van der Waals surface area contributed by atoms with Crippen molar-refractivity contribution in [1.82, 2.24) is 0 Å². The number of carbonyl (C=O) groups excluding carboxylic acids is 2. The van der Waals surface area contributed by atoms with Crippen LogP contribution in [0.25, 0.3) is 11.1 Å². The number of ether oxygens (including phenoxy) is 2. The van der Waals surface area contributed by atoms with Crippen LogP contribution in [0.4, 0.5) is 5.00 Å². The van der Waals surface area contributed by atoms with Gasteiger partial charge in [0.2, 0.25) is 5.91 Å². The van der Waals surface area contributed by atoms with Gasteiger partial charge in [-0.2, -0.15) is 0 Å². The Morgan fingerprint density at radius 3 is 2.55 bits per heavy atom. The van der Waals surface area contributed by atoms with Crippen molar-refractivity contribution >= 4 is 38.1 Å². The molecule has 0 radical (unpaired) electrons. The first-order chi connectivity index (χ1) is 14.8. The van der Waals surface area contributed by atoms with Gasteiger partial charge in [0.15, 0.2) is 9.84 Å². The second kappa shape index (κ2) is 10.3. The normalized spacial score (nSPS) is 17.3. The van der Waals surface area contributed by atoms with Crippen molar-refractivity contribution in [2.45, 2.75) is 33.1 Å². The molecule has 1 fully saturated rings. The number of sulfone groups is 1. The number of benzene rings is 1. The number of anilines is 1. The summed E-state index contributed by atoms with van der Waals surface area (Å²) in [6.07, 6.45) is 1.51. The lowest BCUT2D eigenvalue weighted by molar-refractivity contribution is -0.116. The quantitative estimate of drug-likeness (QED) is 0.559. The maximum absolute atomic E-state index is 12.7. The zero-order chi connectivity index (χ0) is 22.4. The number of esters is 1. The second-order valence-corrected chi connectivity index (χ2v) is 10.6. The van der Waals surface area contributed by atoms with Crippen molar-refractivity contribution in [2.75, 3.05) is 30.0 Å². The Morgan fingerprint density at radius 2 is 1.94 bits per heavy atom. The zero-order valence-corrected chi connectivity index (χ0v) is 19.3. The second-order valence-electron chi connectivity index (χ2n) is 7.47. The molecule has 1 saturated heterocycles. The van der Waals surface area contributed by atoms with Crippen LogP contribution in [0, 0.1) is 5.92 Å². The third kappa shape index (κ3) is 6.07. The van der Waals surface area contributed by atoms with E-state index in [9.17, 15) is 18.0 Å². The van der Waals surface area contributed by atoms with Gasteiger partial charge >= 0.3 is 5.97 Å². The molecule has 168 valence electrons. The molecular weight excluding hydrogens is 438 g/mol.